The van der Waals surface area contributed by atoms with Gasteiger partial charge in [0.25, 0.3) is 0 Å². The Balaban J connectivity index is 1.26. The molecule has 0 radical (unpaired) electrons. The second kappa shape index (κ2) is 17.5. The molecule has 3 aromatic rings. The quantitative estimate of drug-likeness (QED) is 0.0922. The number of amides is 2. The van der Waals surface area contributed by atoms with Crippen molar-refractivity contribution >= 4 is 29.3 Å². The van der Waals surface area contributed by atoms with Crippen molar-refractivity contribution in [2.24, 2.45) is 0 Å². The third-order valence-corrected chi connectivity index (χ3v) is 8.57. The summed E-state index contributed by atoms with van der Waals surface area (Å²) in [5.74, 6) is 1.94. The predicted octanol–water partition coefficient (Wildman–Crippen LogP) is 7.50. The van der Waals surface area contributed by atoms with Gasteiger partial charge < -0.3 is 35.5 Å². The van der Waals surface area contributed by atoms with Crippen molar-refractivity contribution in [3.8, 4) is 11.5 Å². The van der Waals surface area contributed by atoms with Gasteiger partial charge in [0.1, 0.15) is 35.1 Å². The number of hydrogen-bond acceptors (Lipinski definition) is 10. The number of nitrogens with two attached hydrogens (primary N) is 1. The molecule has 0 unspecified atom stereocenters. The van der Waals surface area contributed by atoms with Crippen LogP contribution in [0.5, 0.6) is 11.5 Å². The maximum atomic E-state index is 13.2. The van der Waals surface area contributed by atoms with Crippen molar-refractivity contribution in [2.75, 3.05) is 30.7 Å². The first-order valence-corrected chi connectivity index (χ1v) is 17.9. The van der Waals surface area contributed by atoms with Crippen LogP contribution < -0.4 is 21.1 Å². The summed E-state index contributed by atoms with van der Waals surface area (Å²) in [5.41, 5.74) is 6.15. The number of likely N-dealkylation sites (tertiary alicyclic amines) is 1. The topological polar surface area (TPSA) is 165 Å². The second-order valence-electron chi connectivity index (χ2n) is 15.4. The van der Waals surface area contributed by atoms with Gasteiger partial charge in [-0.05, 0) is 117 Å². The number of ether oxygens (including phenoxy) is 3. The highest BCUT2D eigenvalue weighted by Crippen LogP contribution is 2.27. The predicted molar refractivity (Wildman–Crippen MR) is 205 cm³/mol. The Kier molecular flexibility index (Phi) is 13.4. The maximum Gasteiger partial charge on any atom is 0.408 e. The monoisotopic (exact) mass is 713 g/mol. The zero-order chi connectivity index (χ0) is 37.9. The molecule has 0 saturated carbocycles. The number of rotatable bonds is 15. The molecule has 280 valence electrons. The minimum Gasteiger partial charge on any atom is -0.457 e. The first kappa shape index (κ1) is 39.8. The molecule has 1 saturated heterocycles. The Morgan fingerprint density at radius 2 is 1.67 bits per heavy atom. The van der Waals surface area contributed by atoms with Gasteiger partial charge in [0.15, 0.2) is 0 Å². The van der Waals surface area contributed by atoms with E-state index in [9.17, 15) is 9.59 Å². The number of para-hydroxylation sites is 1. The molecule has 5 N–H and O–H groups in total. The first-order chi connectivity index (χ1) is 24.5. The van der Waals surface area contributed by atoms with Crippen LogP contribution in [0.15, 0.2) is 73.1 Å². The maximum absolute atomic E-state index is 13.2. The molecule has 1 aliphatic heterocycles. The fraction of sp³-hybridized carbons (Fsp3) is 0.475. The van der Waals surface area contributed by atoms with Crippen molar-refractivity contribution in [1.29, 1.82) is 5.41 Å². The minimum atomic E-state index is -0.547. The van der Waals surface area contributed by atoms with Crippen molar-refractivity contribution in [1.82, 2.24) is 20.2 Å². The van der Waals surface area contributed by atoms with E-state index >= 15 is 0 Å². The fourth-order valence-corrected chi connectivity index (χ4v) is 5.90. The smallest absolute Gasteiger partial charge is 0.408 e. The van der Waals surface area contributed by atoms with E-state index in [0.717, 1.165) is 37.9 Å². The highest BCUT2D eigenvalue weighted by molar-refractivity contribution is 6.16. The molecule has 1 aromatic heterocycles. The molecule has 4 rings (SSSR count). The summed E-state index contributed by atoms with van der Waals surface area (Å²) >= 11 is 0. The zero-order valence-electron chi connectivity index (χ0n) is 31.6. The van der Waals surface area contributed by atoms with Crippen molar-refractivity contribution in [3.05, 3.63) is 84.2 Å². The van der Waals surface area contributed by atoms with Crippen LogP contribution in [0.25, 0.3) is 0 Å². The molecular weight excluding hydrogens is 658 g/mol. The average molecular weight is 714 g/mol. The third kappa shape index (κ3) is 12.7. The molecule has 52 heavy (non-hydrogen) atoms. The largest absolute Gasteiger partial charge is 0.457 e. The van der Waals surface area contributed by atoms with Crippen molar-refractivity contribution in [3.63, 3.8) is 0 Å². The molecule has 1 atom stereocenters. The number of carbonyl (C=O) groups is 2. The number of anilines is 2. The summed E-state index contributed by atoms with van der Waals surface area (Å²) in [6, 6.07) is 16.6. The lowest BCUT2D eigenvalue weighted by atomic mass is 9.93. The molecule has 1 aliphatic rings. The minimum absolute atomic E-state index is 0.0853. The lowest BCUT2D eigenvalue weighted by Crippen LogP contribution is -2.46. The Labute approximate surface area is 308 Å². The molecular formula is C40H55N7O5. The SMILES string of the molecule is CC(C)(CCCC(C)(C)OC/C=C/C(=O)N1CCC[C@@H](Nc2ncnc(N)c2C(=N)c2ccc(Oc3ccccc3)cc2)C1)NC(=O)OC(C)(C)C. The van der Waals surface area contributed by atoms with E-state index in [1.807, 2.05) is 108 Å². The normalized spacial score (nSPS) is 15.3. The zero-order valence-corrected chi connectivity index (χ0v) is 31.6. The number of nitrogen functional groups attached to an aromatic ring is 1. The summed E-state index contributed by atoms with van der Waals surface area (Å²) < 4.78 is 17.4. The third-order valence-electron chi connectivity index (χ3n) is 8.57. The lowest BCUT2D eigenvalue weighted by molar-refractivity contribution is -0.127. The van der Waals surface area contributed by atoms with E-state index in [1.54, 1.807) is 12.2 Å². The van der Waals surface area contributed by atoms with Crippen LogP contribution in [0.1, 0.15) is 91.7 Å². The molecule has 2 aromatic carbocycles. The Morgan fingerprint density at radius 1 is 0.981 bits per heavy atom. The summed E-state index contributed by atoms with van der Waals surface area (Å²) in [4.78, 5) is 35.8. The standard InChI is InChI=1S/C40H55N7O5/c1-38(2,3)52-37(49)46-39(4,5)22-13-23-40(6,7)50-25-12-17-32(48)47-24-11-14-29(26-47)45-36-33(35(42)43-27-44-36)34(41)28-18-20-31(21-19-28)51-30-15-9-8-10-16-30/h8-10,12,15-21,27,29,41H,11,13-14,22-26H2,1-7H3,(H,46,49)(H3,42,43,44,45)/b17-12+,41-34?/t29-/m1/s1. The van der Waals surface area contributed by atoms with Crippen LogP contribution in [-0.2, 0) is 14.3 Å². The van der Waals surface area contributed by atoms with Crippen LogP contribution in [0.4, 0.5) is 16.4 Å². The van der Waals surface area contributed by atoms with Crippen molar-refractivity contribution < 1.29 is 23.8 Å². The number of nitrogens with one attached hydrogen (secondary N) is 3. The van der Waals surface area contributed by atoms with Gasteiger partial charge in [-0.15, -0.1) is 0 Å². The number of carbonyl (C=O) groups excluding carboxylic acids is 2. The van der Waals surface area contributed by atoms with Crippen LogP contribution >= 0.6 is 0 Å². The lowest BCUT2D eigenvalue weighted by Gasteiger charge is -2.33. The van der Waals surface area contributed by atoms with Gasteiger partial charge in [-0.2, -0.15) is 0 Å². The van der Waals surface area contributed by atoms with Gasteiger partial charge in [-0.1, -0.05) is 24.3 Å². The Hall–Kier alpha value is -4.97. The second-order valence-corrected chi connectivity index (χ2v) is 15.4. The number of nitrogens with zero attached hydrogens (tertiary/aromatic N) is 3. The molecule has 0 spiro atoms. The van der Waals surface area contributed by atoms with E-state index < -0.39 is 22.8 Å². The van der Waals surface area contributed by atoms with Crippen LogP contribution in [0, 0.1) is 5.41 Å². The Morgan fingerprint density at radius 3 is 2.37 bits per heavy atom. The highest BCUT2D eigenvalue weighted by Gasteiger charge is 2.27. The number of hydrogen-bond donors (Lipinski definition) is 4. The molecule has 0 bridgehead atoms. The average Bonchev–Trinajstić information content (AvgIpc) is 3.06. The van der Waals surface area contributed by atoms with Gasteiger partial charge in [-0.3, -0.25) is 10.2 Å². The van der Waals surface area contributed by atoms with E-state index in [4.69, 9.17) is 25.4 Å². The van der Waals surface area contributed by atoms with Crippen LogP contribution in [0.3, 0.4) is 0 Å². The summed E-state index contributed by atoms with van der Waals surface area (Å²) in [6.45, 7) is 15.0. The summed E-state index contributed by atoms with van der Waals surface area (Å²) in [5, 5.41) is 15.4. The van der Waals surface area contributed by atoms with Gasteiger partial charge in [0.2, 0.25) is 5.91 Å². The first-order valence-electron chi connectivity index (χ1n) is 17.9. The molecule has 2 amide bonds. The van der Waals surface area contributed by atoms with Crippen LogP contribution in [0.2, 0.25) is 0 Å². The van der Waals surface area contributed by atoms with Gasteiger partial charge in [0, 0.05) is 36.3 Å². The molecule has 0 aliphatic carbocycles. The molecule has 12 heteroatoms. The number of benzene rings is 2. The van der Waals surface area contributed by atoms with Crippen LogP contribution in [-0.4, -0.2) is 75.1 Å². The van der Waals surface area contributed by atoms with E-state index in [1.165, 1.54) is 6.33 Å². The Bertz CT molecular complexity index is 1680. The summed E-state index contributed by atoms with van der Waals surface area (Å²) in [6.07, 6.45) is 8.33. The molecule has 2 heterocycles. The number of alkyl carbamates (subject to hydrolysis) is 1. The summed E-state index contributed by atoms with van der Waals surface area (Å²) in [7, 11) is 0. The van der Waals surface area contributed by atoms with E-state index in [2.05, 4.69) is 20.6 Å². The highest BCUT2D eigenvalue weighted by atomic mass is 16.6. The van der Waals surface area contributed by atoms with Crippen molar-refractivity contribution in [2.45, 2.75) is 103 Å². The number of aromatic nitrogens is 2. The van der Waals surface area contributed by atoms with E-state index in [0.29, 0.717) is 42.4 Å². The molecule has 12 nitrogen and oxygen atoms in total. The van der Waals surface area contributed by atoms with E-state index in [-0.39, 0.29) is 23.5 Å². The van der Waals surface area contributed by atoms with Gasteiger partial charge in [-0.25, -0.2) is 14.8 Å². The number of piperidine rings is 1. The fourth-order valence-electron chi connectivity index (χ4n) is 5.90. The van der Waals surface area contributed by atoms with Gasteiger partial charge in [0.05, 0.1) is 23.5 Å². The molecule has 1 fully saturated rings. The van der Waals surface area contributed by atoms with Gasteiger partial charge >= 0.3 is 6.09 Å².